The van der Waals surface area contributed by atoms with E-state index < -0.39 is 0 Å². The quantitative estimate of drug-likeness (QED) is 0.853. The molecular weight excluding hydrogens is 362 g/mol. The second-order valence-corrected chi connectivity index (χ2v) is 9.09. The number of anilines is 2. The lowest BCUT2D eigenvalue weighted by molar-refractivity contribution is -0.127. The van der Waals surface area contributed by atoms with Crippen LogP contribution in [0, 0.1) is 11.8 Å². The van der Waals surface area contributed by atoms with E-state index >= 15 is 0 Å². The zero-order chi connectivity index (χ0) is 18.8. The van der Waals surface area contributed by atoms with E-state index in [0.29, 0.717) is 23.5 Å². The van der Waals surface area contributed by atoms with Crippen molar-refractivity contribution in [3.05, 3.63) is 0 Å². The minimum atomic E-state index is 0.0999. The van der Waals surface area contributed by atoms with Gasteiger partial charge >= 0.3 is 0 Å². The number of aromatic nitrogens is 2. The van der Waals surface area contributed by atoms with Gasteiger partial charge in [0.1, 0.15) is 0 Å². The van der Waals surface area contributed by atoms with Gasteiger partial charge < -0.3 is 10.2 Å². The normalized spacial score (nSPS) is 27.2. The largest absolute Gasteiger partial charge is 0.353 e. The van der Waals surface area contributed by atoms with Crippen LogP contribution in [-0.4, -0.2) is 47.7 Å². The summed E-state index contributed by atoms with van der Waals surface area (Å²) in [7, 11) is 0. The molecule has 3 heterocycles. The van der Waals surface area contributed by atoms with Crippen molar-refractivity contribution in [3.8, 4) is 0 Å². The van der Waals surface area contributed by atoms with Crippen molar-refractivity contribution in [2.24, 2.45) is 11.8 Å². The van der Waals surface area contributed by atoms with Gasteiger partial charge in [-0.1, -0.05) is 31.1 Å². The fourth-order valence-electron chi connectivity index (χ4n) is 4.46. The number of hydrogen-bond acceptors (Lipinski definition) is 6. The van der Waals surface area contributed by atoms with Crippen LogP contribution in [0.3, 0.4) is 0 Å². The molecule has 1 saturated carbocycles. The fourth-order valence-corrected chi connectivity index (χ4v) is 5.40. The summed E-state index contributed by atoms with van der Waals surface area (Å²) in [6.45, 7) is 4.64. The maximum absolute atomic E-state index is 12.7. The van der Waals surface area contributed by atoms with Crippen LogP contribution in [0.25, 0.3) is 0 Å². The second kappa shape index (κ2) is 8.12. The first-order valence-corrected chi connectivity index (χ1v) is 11.1. The van der Waals surface area contributed by atoms with E-state index in [1.165, 1.54) is 30.6 Å². The Balaban J connectivity index is 1.29. The summed E-state index contributed by atoms with van der Waals surface area (Å²) in [4.78, 5) is 28.5. The highest BCUT2D eigenvalue weighted by Gasteiger charge is 2.31. The number of rotatable bonds is 4. The molecule has 2 amide bonds. The zero-order valence-corrected chi connectivity index (χ0v) is 16.8. The van der Waals surface area contributed by atoms with Gasteiger partial charge in [0, 0.05) is 38.0 Å². The minimum absolute atomic E-state index is 0.0999. The molecule has 2 atom stereocenters. The predicted octanol–water partition coefficient (Wildman–Crippen LogP) is 2.58. The Morgan fingerprint density at radius 1 is 1.04 bits per heavy atom. The van der Waals surface area contributed by atoms with Crippen molar-refractivity contribution in [3.63, 3.8) is 0 Å². The first kappa shape index (κ1) is 18.7. The number of piperidine rings is 1. The lowest BCUT2D eigenvalue weighted by atomic mass is 9.85. The molecule has 3 fully saturated rings. The Labute approximate surface area is 164 Å². The summed E-state index contributed by atoms with van der Waals surface area (Å²) < 4.78 is 0. The van der Waals surface area contributed by atoms with E-state index in [4.69, 9.17) is 0 Å². The first-order chi connectivity index (χ1) is 13.1. The number of amides is 2. The maximum Gasteiger partial charge on any atom is 0.228 e. The molecule has 3 aliphatic rings. The molecule has 1 aliphatic carbocycles. The molecule has 2 aliphatic heterocycles. The lowest BCUT2D eigenvalue weighted by Crippen LogP contribution is -2.46. The molecule has 1 aromatic heterocycles. The van der Waals surface area contributed by atoms with Gasteiger partial charge in [-0.15, -0.1) is 10.2 Å². The second-order valence-electron chi connectivity index (χ2n) is 8.15. The number of nitrogens with one attached hydrogen (secondary N) is 1. The van der Waals surface area contributed by atoms with Crippen molar-refractivity contribution in [2.45, 2.75) is 64.3 Å². The van der Waals surface area contributed by atoms with Crippen LogP contribution in [0.5, 0.6) is 0 Å². The Kier molecular flexibility index (Phi) is 5.61. The smallest absolute Gasteiger partial charge is 0.228 e. The fraction of sp³-hybridized carbons (Fsp3) is 0.789. The van der Waals surface area contributed by atoms with Crippen LogP contribution in [0.4, 0.5) is 10.3 Å². The Morgan fingerprint density at radius 3 is 2.48 bits per heavy atom. The third kappa shape index (κ3) is 4.10. The minimum Gasteiger partial charge on any atom is -0.353 e. The summed E-state index contributed by atoms with van der Waals surface area (Å²) in [5.41, 5.74) is 0. The Hall–Kier alpha value is -1.70. The summed E-state index contributed by atoms with van der Waals surface area (Å²) in [6, 6.07) is 0.355. The van der Waals surface area contributed by atoms with Crippen LogP contribution in [0.15, 0.2) is 0 Å². The van der Waals surface area contributed by atoms with Crippen LogP contribution in [0.1, 0.15) is 58.3 Å². The molecule has 0 bridgehead atoms. The maximum atomic E-state index is 12.7. The van der Waals surface area contributed by atoms with Crippen molar-refractivity contribution in [1.29, 1.82) is 0 Å². The van der Waals surface area contributed by atoms with Crippen molar-refractivity contribution < 1.29 is 9.59 Å². The third-order valence-electron chi connectivity index (χ3n) is 6.28. The van der Waals surface area contributed by atoms with Gasteiger partial charge in [-0.3, -0.25) is 14.5 Å². The molecule has 0 unspecified atom stereocenters. The Bertz CT molecular complexity index is 685. The molecule has 4 rings (SSSR count). The van der Waals surface area contributed by atoms with Crippen LogP contribution in [0.2, 0.25) is 0 Å². The summed E-state index contributed by atoms with van der Waals surface area (Å²) in [5.74, 6) is 1.07. The predicted molar refractivity (Wildman–Crippen MR) is 106 cm³/mol. The third-order valence-corrected chi connectivity index (χ3v) is 7.29. The van der Waals surface area contributed by atoms with Crippen molar-refractivity contribution >= 4 is 33.4 Å². The molecule has 27 heavy (non-hydrogen) atoms. The van der Waals surface area contributed by atoms with Gasteiger partial charge in [0.05, 0.1) is 0 Å². The molecule has 0 radical (unpaired) electrons. The van der Waals surface area contributed by atoms with E-state index in [2.05, 4.69) is 27.3 Å². The number of carbonyl (C=O) groups excluding carboxylic acids is 2. The monoisotopic (exact) mass is 391 g/mol. The molecule has 7 nitrogen and oxygen atoms in total. The van der Waals surface area contributed by atoms with Gasteiger partial charge in [-0.25, -0.2) is 0 Å². The molecule has 0 spiro atoms. The molecule has 2 saturated heterocycles. The highest BCUT2D eigenvalue weighted by atomic mass is 32.1. The molecule has 1 N–H and O–H groups in total. The lowest BCUT2D eigenvalue weighted by Gasteiger charge is -2.34. The van der Waals surface area contributed by atoms with Gasteiger partial charge in [0.15, 0.2) is 0 Å². The van der Waals surface area contributed by atoms with E-state index in [0.717, 1.165) is 50.4 Å². The molecular formula is C19H29N5O2S. The van der Waals surface area contributed by atoms with Gasteiger partial charge in [-0.05, 0) is 38.0 Å². The van der Waals surface area contributed by atoms with Crippen molar-refractivity contribution in [1.82, 2.24) is 15.5 Å². The number of hydrogen-bond donors (Lipinski definition) is 1. The van der Waals surface area contributed by atoms with Crippen molar-refractivity contribution in [2.75, 3.05) is 29.4 Å². The van der Waals surface area contributed by atoms with Crippen LogP contribution in [-0.2, 0) is 9.59 Å². The summed E-state index contributed by atoms with van der Waals surface area (Å²) in [5, 5.41) is 13.4. The van der Waals surface area contributed by atoms with Gasteiger partial charge in [0.2, 0.25) is 22.1 Å². The van der Waals surface area contributed by atoms with E-state index in [9.17, 15) is 9.59 Å². The van der Waals surface area contributed by atoms with Crippen LogP contribution >= 0.6 is 11.3 Å². The first-order valence-electron chi connectivity index (χ1n) is 10.3. The van der Waals surface area contributed by atoms with Crippen LogP contribution < -0.4 is 15.1 Å². The summed E-state index contributed by atoms with van der Waals surface area (Å²) >= 11 is 1.49. The summed E-state index contributed by atoms with van der Waals surface area (Å²) in [6.07, 6.45) is 8.07. The van der Waals surface area contributed by atoms with E-state index in [1.807, 2.05) is 0 Å². The number of nitrogens with zero attached hydrogens (tertiary/aromatic N) is 4. The zero-order valence-electron chi connectivity index (χ0n) is 16.0. The molecule has 148 valence electrons. The van der Waals surface area contributed by atoms with E-state index in [1.54, 1.807) is 4.90 Å². The van der Waals surface area contributed by atoms with Gasteiger partial charge in [-0.2, -0.15) is 0 Å². The standard InChI is InChI=1S/C19H29N5O2S/c1-13-5-2-3-6-15(13)20-17(26)14-8-11-23(12-9-14)18-21-22-19(27-18)24-10-4-7-16(24)25/h13-15H,2-12H2,1H3,(H,20,26)/t13-,15+/m1/s1. The number of carbonyl (C=O) groups is 2. The SMILES string of the molecule is C[C@@H]1CCCC[C@@H]1NC(=O)C1CCN(c2nnc(N3CCCC3=O)s2)CC1. The van der Waals surface area contributed by atoms with Gasteiger partial charge in [0.25, 0.3) is 0 Å². The van der Waals surface area contributed by atoms with E-state index in [-0.39, 0.29) is 17.7 Å². The average molecular weight is 392 g/mol. The highest BCUT2D eigenvalue weighted by Crippen LogP contribution is 2.32. The Morgan fingerprint density at radius 2 is 1.78 bits per heavy atom. The molecule has 0 aromatic carbocycles. The molecule has 8 heteroatoms. The topological polar surface area (TPSA) is 78.4 Å². The average Bonchev–Trinajstić information content (AvgIpc) is 3.32. The molecule has 1 aromatic rings. The highest BCUT2D eigenvalue weighted by molar-refractivity contribution is 7.19.